The Bertz CT molecular complexity index is 1580. The molecular formula is C31H33N3O4S. The number of hydrogen-bond donors (Lipinski definition) is 2. The van der Waals surface area contributed by atoms with Crippen molar-refractivity contribution in [1.29, 1.82) is 0 Å². The van der Waals surface area contributed by atoms with Crippen LogP contribution in [0.15, 0.2) is 102 Å². The van der Waals surface area contributed by atoms with Crippen molar-refractivity contribution in [2.24, 2.45) is 0 Å². The van der Waals surface area contributed by atoms with Gasteiger partial charge in [-0.3, -0.25) is 9.59 Å². The molecule has 0 fully saturated rings. The van der Waals surface area contributed by atoms with Crippen LogP contribution in [0.1, 0.15) is 36.7 Å². The molecule has 0 aromatic heterocycles. The molecule has 0 bridgehead atoms. The quantitative estimate of drug-likeness (QED) is 0.330. The van der Waals surface area contributed by atoms with Crippen molar-refractivity contribution in [3.63, 3.8) is 0 Å². The summed E-state index contributed by atoms with van der Waals surface area (Å²) in [6, 6.07) is 27.6. The van der Waals surface area contributed by atoms with E-state index in [-0.39, 0.29) is 16.7 Å². The third-order valence-electron chi connectivity index (χ3n) is 6.20. The Morgan fingerprint density at radius 2 is 1.38 bits per heavy atom. The van der Waals surface area contributed by atoms with E-state index in [0.29, 0.717) is 28.4 Å². The highest BCUT2D eigenvalue weighted by molar-refractivity contribution is 7.89. The molecule has 1 atom stereocenters. The highest BCUT2D eigenvalue weighted by atomic mass is 32.2. The molecule has 7 nitrogen and oxygen atoms in total. The Labute approximate surface area is 229 Å². The number of carbonyl (C=O) groups excluding carboxylic acids is 2. The molecular weight excluding hydrogens is 510 g/mol. The van der Waals surface area contributed by atoms with Crippen LogP contribution in [0.2, 0.25) is 0 Å². The van der Waals surface area contributed by atoms with Crippen molar-refractivity contribution >= 4 is 38.3 Å². The van der Waals surface area contributed by atoms with Crippen LogP contribution in [0.25, 0.3) is 10.8 Å². The van der Waals surface area contributed by atoms with Crippen LogP contribution in [0, 0.1) is 0 Å². The van der Waals surface area contributed by atoms with Crippen molar-refractivity contribution < 1.29 is 18.0 Å². The minimum absolute atomic E-state index is 0.135. The van der Waals surface area contributed by atoms with E-state index in [9.17, 15) is 18.0 Å². The Balaban J connectivity index is 1.71. The normalized spacial score (nSPS) is 12.6. The maximum Gasteiger partial charge on any atom is 0.251 e. The van der Waals surface area contributed by atoms with Gasteiger partial charge in [-0.05, 0) is 50.6 Å². The molecule has 202 valence electrons. The zero-order valence-corrected chi connectivity index (χ0v) is 23.3. The van der Waals surface area contributed by atoms with Crippen molar-refractivity contribution in [3.8, 4) is 0 Å². The lowest BCUT2D eigenvalue weighted by Crippen LogP contribution is -2.48. The molecule has 8 heteroatoms. The predicted molar refractivity (Wildman–Crippen MR) is 155 cm³/mol. The Kier molecular flexibility index (Phi) is 8.18. The Morgan fingerprint density at radius 1 is 0.795 bits per heavy atom. The number of fused-ring (bicyclic) bond motifs is 1. The smallest absolute Gasteiger partial charge is 0.251 e. The van der Waals surface area contributed by atoms with E-state index < -0.39 is 21.6 Å². The summed E-state index contributed by atoms with van der Waals surface area (Å²) in [6.07, 6.45) is 0.294. The number of sulfonamides is 1. The molecule has 0 aliphatic rings. The molecule has 0 saturated carbocycles. The standard InChI is InChI=1S/C31H33N3O4S/c1-31(2,3)33-39(37,38)28-20-12-17-24-25(28)18-11-19-27(24)34(4)30(36)26(21-22-13-7-5-8-14-22)32-29(35)23-15-9-6-10-16-23/h5-20,26,33H,21H2,1-4H3,(H,32,35). The van der Waals surface area contributed by atoms with Crippen LogP contribution in [0.4, 0.5) is 5.69 Å². The van der Waals surface area contributed by atoms with Gasteiger partial charge in [0.1, 0.15) is 6.04 Å². The Hall–Kier alpha value is -4.01. The predicted octanol–water partition coefficient (Wildman–Crippen LogP) is 4.92. The third kappa shape index (κ3) is 6.71. The second kappa shape index (κ2) is 11.4. The molecule has 4 aromatic rings. The second-order valence-corrected chi connectivity index (χ2v) is 12.1. The summed E-state index contributed by atoms with van der Waals surface area (Å²) >= 11 is 0. The fourth-order valence-electron chi connectivity index (χ4n) is 4.48. The van der Waals surface area contributed by atoms with E-state index in [1.807, 2.05) is 36.4 Å². The highest BCUT2D eigenvalue weighted by Crippen LogP contribution is 2.31. The molecule has 0 aliphatic heterocycles. The van der Waals surface area contributed by atoms with Gasteiger partial charge in [-0.1, -0.05) is 72.8 Å². The average molecular weight is 544 g/mol. The van der Waals surface area contributed by atoms with Gasteiger partial charge < -0.3 is 10.2 Å². The number of amides is 2. The van der Waals surface area contributed by atoms with Crippen LogP contribution in [0.3, 0.4) is 0 Å². The van der Waals surface area contributed by atoms with E-state index in [0.717, 1.165) is 5.56 Å². The number of likely N-dealkylation sites (N-methyl/N-ethyl adjacent to an activating group) is 1. The van der Waals surface area contributed by atoms with Gasteiger partial charge in [-0.2, -0.15) is 0 Å². The minimum atomic E-state index is -3.82. The fourth-order valence-corrected chi connectivity index (χ4v) is 6.12. The van der Waals surface area contributed by atoms with Crippen molar-refractivity contribution in [2.75, 3.05) is 11.9 Å². The van der Waals surface area contributed by atoms with Gasteiger partial charge in [-0.25, -0.2) is 13.1 Å². The minimum Gasteiger partial charge on any atom is -0.340 e. The van der Waals surface area contributed by atoms with E-state index in [4.69, 9.17) is 0 Å². The van der Waals surface area contributed by atoms with Crippen LogP contribution in [0.5, 0.6) is 0 Å². The largest absolute Gasteiger partial charge is 0.340 e. The third-order valence-corrected chi connectivity index (χ3v) is 8.02. The van der Waals surface area contributed by atoms with Crippen LogP contribution in [-0.2, 0) is 21.2 Å². The van der Waals surface area contributed by atoms with Crippen molar-refractivity contribution in [1.82, 2.24) is 10.0 Å². The number of carbonyl (C=O) groups is 2. The number of rotatable bonds is 8. The molecule has 2 N–H and O–H groups in total. The lowest BCUT2D eigenvalue weighted by molar-refractivity contribution is -0.120. The molecule has 4 aromatic carbocycles. The van der Waals surface area contributed by atoms with Crippen LogP contribution in [-0.4, -0.2) is 38.9 Å². The monoisotopic (exact) mass is 543 g/mol. The van der Waals surface area contributed by atoms with Gasteiger partial charge in [0.05, 0.1) is 10.6 Å². The zero-order chi connectivity index (χ0) is 28.2. The van der Waals surface area contributed by atoms with Gasteiger partial charge >= 0.3 is 0 Å². The molecule has 4 rings (SSSR count). The summed E-state index contributed by atoms with van der Waals surface area (Å²) in [5, 5.41) is 4.01. The van der Waals surface area contributed by atoms with Crippen molar-refractivity contribution in [3.05, 3.63) is 108 Å². The molecule has 2 amide bonds. The molecule has 1 unspecified atom stereocenters. The van der Waals surface area contributed by atoms with E-state index >= 15 is 0 Å². The van der Waals surface area contributed by atoms with Gasteiger partial charge in [0.25, 0.3) is 5.91 Å². The van der Waals surface area contributed by atoms with E-state index in [1.165, 1.54) is 4.90 Å². The number of benzene rings is 4. The molecule has 39 heavy (non-hydrogen) atoms. The summed E-state index contributed by atoms with van der Waals surface area (Å²) in [4.78, 5) is 28.6. The van der Waals surface area contributed by atoms with E-state index in [2.05, 4.69) is 10.0 Å². The number of nitrogens with zero attached hydrogens (tertiary/aromatic N) is 1. The topological polar surface area (TPSA) is 95.6 Å². The van der Waals surface area contributed by atoms with Gasteiger partial charge in [0.2, 0.25) is 15.9 Å². The molecule has 0 saturated heterocycles. The first kappa shape index (κ1) is 28.0. The number of anilines is 1. The van der Waals surface area contributed by atoms with E-state index in [1.54, 1.807) is 88.5 Å². The van der Waals surface area contributed by atoms with Gasteiger partial charge in [0.15, 0.2) is 0 Å². The lowest BCUT2D eigenvalue weighted by Gasteiger charge is -2.26. The average Bonchev–Trinajstić information content (AvgIpc) is 2.91. The van der Waals surface area contributed by atoms with Crippen molar-refractivity contribution in [2.45, 2.75) is 43.7 Å². The first-order valence-electron chi connectivity index (χ1n) is 12.7. The fraction of sp³-hybridized carbons (Fsp3) is 0.226. The summed E-state index contributed by atoms with van der Waals surface area (Å²) in [6.45, 7) is 5.35. The molecule has 0 aliphatic carbocycles. The molecule has 0 spiro atoms. The summed E-state index contributed by atoms with van der Waals surface area (Å²) in [5.74, 6) is -0.672. The lowest BCUT2D eigenvalue weighted by atomic mass is 10.0. The first-order chi connectivity index (χ1) is 18.5. The zero-order valence-electron chi connectivity index (χ0n) is 22.5. The molecule has 0 heterocycles. The van der Waals surface area contributed by atoms with Crippen LogP contribution >= 0.6 is 0 Å². The van der Waals surface area contributed by atoms with Gasteiger partial charge in [-0.15, -0.1) is 0 Å². The SMILES string of the molecule is CN(C(=O)C(Cc1ccccc1)NC(=O)c1ccccc1)c1cccc2c(S(=O)(=O)NC(C)(C)C)cccc12. The first-order valence-corrected chi connectivity index (χ1v) is 14.2. The highest BCUT2D eigenvalue weighted by Gasteiger charge is 2.28. The second-order valence-electron chi connectivity index (χ2n) is 10.5. The van der Waals surface area contributed by atoms with Gasteiger partial charge in [0, 0.05) is 35.3 Å². The molecule has 0 radical (unpaired) electrons. The van der Waals surface area contributed by atoms with Crippen LogP contribution < -0.4 is 14.9 Å². The number of nitrogens with one attached hydrogen (secondary N) is 2. The summed E-state index contributed by atoms with van der Waals surface area (Å²) in [5.41, 5.74) is 1.24. The summed E-state index contributed by atoms with van der Waals surface area (Å²) in [7, 11) is -2.18. The maximum atomic E-state index is 13.9. The summed E-state index contributed by atoms with van der Waals surface area (Å²) < 4.78 is 29.1. The number of hydrogen-bond acceptors (Lipinski definition) is 4. The Morgan fingerprint density at radius 3 is 2.03 bits per heavy atom. The maximum absolute atomic E-state index is 13.9.